The van der Waals surface area contributed by atoms with E-state index in [4.69, 9.17) is 14.2 Å². The van der Waals surface area contributed by atoms with Crippen molar-refractivity contribution in [3.05, 3.63) is 40.1 Å². The number of ether oxygens (including phenoxy) is 3. The molecule has 1 atom stereocenters. The van der Waals surface area contributed by atoms with Crippen LogP contribution in [0, 0.1) is 0 Å². The van der Waals surface area contributed by atoms with Gasteiger partial charge in [-0.25, -0.2) is 0 Å². The molecule has 0 saturated carbocycles. The zero-order valence-electron chi connectivity index (χ0n) is 14.4. The molecule has 0 amide bonds. The molecule has 6 heteroatoms. The van der Waals surface area contributed by atoms with Gasteiger partial charge in [-0.15, -0.1) is 11.3 Å². The van der Waals surface area contributed by atoms with Gasteiger partial charge in [-0.1, -0.05) is 6.07 Å². The summed E-state index contributed by atoms with van der Waals surface area (Å²) < 4.78 is 16.5. The van der Waals surface area contributed by atoms with Crippen LogP contribution in [0.3, 0.4) is 0 Å². The van der Waals surface area contributed by atoms with Crippen molar-refractivity contribution in [3.8, 4) is 17.2 Å². The van der Waals surface area contributed by atoms with Gasteiger partial charge in [0.1, 0.15) is 0 Å². The summed E-state index contributed by atoms with van der Waals surface area (Å²) in [6.45, 7) is 4.04. The van der Waals surface area contributed by atoms with Gasteiger partial charge < -0.3 is 19.5 Å². The number of rotatable bonds is 6. The van der Waals surface area contributed by atoms with Gasteiger partial charge in [-0.2, -0.15) is 0 Å². The summed E-state index contributed by atoms with van der Waals surface area (Å²) in [5, 5.41) is 5.55. The fourth-order valence-electron chi connectivity index (χ4n) is 3.20. The molecule has 1 N–H and O–H groups in total. The molecular formula is C18H24N2O3S. The number of hydrogen-bond acceptors (Lipinski definition) is 6. The lowest BCUT2D eigenvalue weighted by Gasteiger charge is -2.35. The third kappa shape index (κ3) is 3.36. The van der Waals surface area contributed by atoms with Crippen LogP contribution < -0.4 is 19.5 Å². The Hall–Kier alpha value is -1.76. The van der Waals surface area contributed by atoms with Gasteiger partial charge in [-0.05, 0) is 29.1 Å². The van der Waals surface area contributed by atoms with Gasteiger partial charge >= 0.3 is 0 Å². The van der Waals surface area contributed by atoms with Gasteiger partial charge in [0.25, 0.3) is 0 Å². The Labute approximate surface area is 147 Å². The van der Waals surface area contributed by atoms with Crippen molar-refractivity contribution in [1.29, 1.82) is 0 Å². The zero-order valence-corrected chi connectivity index (χ0v) is 15.2. The standard InChI is InChI=1S/C18H24N2O3S/c1-21-14-11-13(12-15(22-2)18(14)23-3)17(16-5-4-10-24-16)20-8-6-19-7-9-20/h4-5,10-12,17,19H,6-9H2,1-3H3/t17-/m1/s1. The molecule has 24 heavy (non-hydrogen) atoms. The molecule has 0 aliphatic carbocycles. The highest BCUT2D eigenvalue weighted by Crippen LogP contribution is 2.42. The normalized spacial score (nSPS) is 16.6. The maximum Gasteiger partial charge on any atom is 0.203 e. The summed E-state index contributed by atoms with van der Waals surface area (Å²) in [5.41, 5.74) is 1.16. The first-order valence-corrected chi connectivity index (χ1v) is 8.94. The fraction of sp³-hybridized carbons (Fsp3) is 0.444. The molecule has 1 aliphatic rings. The molecule has 0 spiro atoms. The Morgan fingerprint density at radius 2 is 1.71 bits per heavy atom. The number of piperazine rings is 1. The molecule has 1 aliphatic heterocycles. The predicted octanol–water partition coefficient (Wildman–Crippen LogP) is 2.77. The summed E-state index contributed by atoms with van der Waals surface area (Å²) in [5.74, 6) is 2.03. The molecule has 2 heterocycles. The van der Waals surface area contributed by atoms with Crippen molar-refractivity contribution in [2.75, 3.05) is 47.5 Å². The molecule has 0 unspecified atom stereocenters. The third-order valence-corrected chi connectivity index (χ3v) is 5.26. The largest absolute Gasteiger partial charge is 0.493 e. The number of nitrogens with one attached hydrogen (secondary N) is 1. The second-order valence-corrected chi connectivity index (χ2v) is 6.64. The second kappa shape index (κ2) is 7.88. The Kier molecular flexibility index (Phi) is 5.60. The molecule has 1 fully saturated rings. The van der Waals surface area contributed by atoms with Crippen LogP contribution in [-0.4, -0.2) is 52.4 Å². The van der Waals surface area contributed by atoms with Crippen LogP contribution in [0.1, 0.15) is 16.5 Å². The smallest absolute Gasteiger partial charge is 0.203 e. The lowest BCUT2D eigenvalue weighted by Crippen LogP contribution is -2.45. The summed E-state index contributed by atoms with van der Waals surface area (Å²) in [6.07, 6.45) is 0. The van der Waals surface area contributed by atoms with Crippen LogP contribution in [0.25, 0.3) is 0 Å². The summed E-state index contributed by atoms with van der Waals surface area (Å²) in [7, 11) is 4.95. The van der Waals surface area contributed by atoms with E-state index >= 15 is 0 Å². The summed E-state index contributed by atoms with van der Waals surface area (Å²) in [6, 6.07) is 8.62. The van der Waals surface area contributed by atoms with E-state index in [1.54, 1.807) is 32.7 Å². The summed E-state index contributed by atoms with van der Waals surface area (Å²) in [4.78, 5) is 3.83. The van der Waals surface area contributed by atoms with E-state index in [1.807, 2.05) is 0 Å². The van der Waals surface area contributed by atoms with Crippen LogP contribution in [0.2, 0.25) is 0 Å². The molecule has 2 aromatic rings. The maximum absolute atomic E-state index is 5.54. The Morgan fingerprint density at radius 1 is 1.04 bits per heavy atom. The molecular weight excluding hydrogens is 324 g/mol. The minimum Gasteiger partial charge on any atom is -0.493 e. The molecule has 1 saturated heterocycles. The van der Waals surface area contributed by atoms with Crippen molar-refractivity contribution >= 4 is 11.3 Å². The minimum atomic E-state index is 0.195. The van der Waals surface area contributed by atoms with E-state index < -0.39 is 0 Å². The second-order valence-electron chi connectivity index (χ2n) is 5.66. The van der Waals surface area contributed by atoms with Gasteiger partial charge in [-0.3, -0.25) is 4.90 Å². The number of benzene rings is 1. The monoisotopic (exact) mass is 348 g/mol. The number of hydrogen-bond donors (Lipinski definition) is 1. The van der Waals surface area contributed by atoms with E-state index in [9.17, 15) is 0 Å². The SMILES string of the molecule is COc1cc([C@H](c2cccs2)N2CCNCC2)cc(OC)c1OC. The highest BCUT2D eigenvalue weighted by molar-refractivity contribution is 7.10. The molecule has 130 valence electrons. The highest BCUT2D eigenvalue weighted by atomic mass is 32.1. The van der Waals surface area contributed by atoms with Crippen molar-refractivity contribution in [3.63, 3.8) is 0 Å². The number of nitrogens with zero attached hydrogens (tertiary/aromatic N) is 1. The van der Waals surface area contributed by atoms with Crippen LogP contribution in [-0.2, 0) is 0 Å². The van der Waals surface area contributed by atoms with Gasteiger partial charge in [0.05, 0.1) is 27.4 Å². The first kappa shape index (κ1) is 17.1. The van der Waals surface area contributed by atoms with E-state index in [0.717, 1.165) is 31.7 Å². The van der Waals surface area contributed by atoms with E-state index in [2.05, 4.69) is 39.9 Å². The van der Waals surface area contributed by atoms with E-state index in [1.165, 1.54) is 4.88 Å². The molecule has 0 bridgehead atoms. The van der Waals surface area contributed by atoms with Crippen LogP contribution >= 0.6 is 11.3 Å². The topological polar surface area (TPSA) is 43.0 Å². The highest BCUT2D eigenvalue weighted by Gasteiger charge is 2.27. The Morgan fingerprint density at radius 3 is 2.21 bits per heavy atom. The lowest BCUT2D eigenvalue weighted by atomic mass is 10.0. The minimum absolute atomic E-state index is 0.195. The van der Waals surface area contributed by atoms with Crippen LogP contribution in [0.15, 0.2) is 29.6 Å². The summed E-state index contributed by atoms with van der Waals surface area (Å²) >= 11 is 1.78. The van der Waals surface area contributed by atoms with Crippen LogP contribution in [0.5, 0.6) is 17.2 Å². The number of methoxy groups -OCH3 is 3. The van der Waals surface area contributed by atoms with Crippen molar-refractivity contribution < 1.29 is 14.2 Å². The van der Waals surface area contributed by atoms with Crippen molar-refractivity contribution in [2.24, 2.45) is 0 Å². The maximum atomic E-state index is 5.54. The zero-order chi connectivity index (χ0) is 16.9. The van der Waals surface area contributed by atoms with E-state index in [-0.39, 0.29) is 6.04 Å². The first-order valence-electron chi connectivity index (χ1n) is 8.06. The Balaban J connectivity index is 2.07. The Bertz CT molecular complexity index is 629. The van der Waals surface area contributed by atoms with Gasteiger partial charge in [0.2, 0.25) is 5.75 Å². The number of thiophene rings is 1. The molecule has 1 aromatic heterocycles. The van der Waals surface area contributed by atoms with Gasteiger partial charge in [0.15, 0.2) is 11.5 Å². The fourth-order valence-corrected chi connectivity index (χ4v) is 4.09. The molecule has 1 aromatic carbocycles. The third-order valence-electron chi connectivity index (χ3n) is 4.33. The lowest BCUT2D eigenvalue weighted by molar-refractivity contribution is 0.200. The average Bonchev–Trinajstić information content (AvgIpc) is 3.16. The van der Waals surface area contributed by atoms with Gasteiger partial charge in [0, 0.05) is 31.1 Å². The predicted molar refractivity (Wildman–Crippen MR) is 96.7 cm³/mol. The molecule has 0 radical (unpaired) electrons. The van der Waals surface area contributed by atoms with Crippen LogP contribution in [0.4, 0.5) is 0 Å². The van der Waals surface area contributed by atoms with Crippen molar-refractivity contribution in [2.45, 2.75) is 6.04 Å². The quantitative estimate of drug-likeness (QED) is 0.869. The first-order chi connectivity index (χ1) is 11.8. The molecule has 5 nitrogen and oxygen atoms in total. The molecule has 3 rings (SSSR count). The van der Waals surface area contributed by atoms with Crippen molar-refractivity contribution in [1.82, 2.24) is 10.2 Å². The van der Waals surface area contributed by atoms with E-state index in [0.29, 0.717) is 17.2 Å². The average molecular weight is 348 g/mol.